The topological polar surface area (TPSA) is 155 Å². The molecule has 1 atom stereocenters. The van der Waals surface area contributed by atoms with Gasteiger partial charge in [-0.3, -0.25) is 14.4 Å². The first-order valence-electron chi connectivity index (χ1n) is 15.6. The number of hydrogen-bond acceptors (Lipinski definition) is 7. The van der Waals surface area contributed by atoms with Crippen LogP contribution < -0.4 is 20.7 Å². The van der Waals surface area contributed by atoms with Crippen LogP contribution in [0.4, 0.5) is 36.4 Å². The zero-order valence-corrected chi connectivity index (χ0v) is 28.0. The van der Waals surface area contributed by atoms with Gasteiger partial charge in [-0.1, -0.05) is 11.6 Å². The second kappa shape index (κ2) is 17.1. The Morgan fingerprint density at radius 2 is 1.75 bits per heavy atom. The summed E-state index contributed by atoms with van der Waals surface area (Å²) in [5, 5.41) is 16.1. The largest absolute Gasteiger partial charge is 0.490 e. The summed E-state index contributed by atoms with van der Waals surface area (Å²) in [7, 11) is 1.40. The summed E-state index contributed by atoms with van der Waals surface area (Å²) in [6.45, 7) is 0.00652. The van der Waals surface area contributed by atoms with E-state index in [0.717, 1.165) is 37.8 Å². The maximum absolute atomic E-state index is 14.6. The summed E-state index contributed by atoms with van der Waals surface area (Å²) in [5.41, 5.74) is 0.180. The van der Waals surface area contributed by atoms with Gasteiger partial charge in [-0.2, -0.15) is 26.3 Å². The van der Waals surface area contributed by atoms with E-state index in [2.05, 4.69) is 25.7 Å². The molecule has 2 aliphatic heterocycles. The zero-order valence-electron chi connectivity index (χ0n) is 27.2. The summed E-state index contributed by atoms with van der Waals surface area (Å²) in [4.78, 5) is 53.3. The van der Waals surface area contributed by atoms with Crippen LogP contribution in [-0.4, -0.2) is 88.8 Å². The van der Waals surface area contributed by atoms with Gasteiger partial charge >= 0.3 is 18.8 Å². The highest BCUT2D eigenvalue weighted by atomic mass is 35.5. The van der Waals surface area contributed by atoms with E-state index >= 15 is 0 Å². The summed E-state index contributed by atoms with van der Waals surface area (Å²) >= 11 is 6.42. The number of aliphatic carboxylic acids is 1. The lowest BCUT2D eigenvalue weighted by Gasteiger charge is -2.31. The van der Waals surface area contributed by atoms with Crippen molar-refractivity contribution in [2.24, 2.45) is 18.9 Å². The average molecular weight is 765 g/mol. The molecule has 3 aromatic rings. The van der Waals surface area contributed by atoms with Gasteiger partial charge in [0.05, 0.1) is 22.5 Å². The van der Waals surface area contributed by atoms with E-state index in [-0.39, 0.29) is 51.1 Å². The van der Waals surface area contributed by atoms with Crippen LogP contribution in [0.3, 0.4) is 0 Å². The third kappa shape index (κ3) is 9.90. The van der Waals surface area contributed by atoms with Crippen LogP contribution in [0.15, 0.2) is 36.5 Å². The quantitative estimate of drug-likeness (QED) is 0.220. The van der Waals surface area contributed by atoms with Crippen LogP contribution in [0, 0.1) is 23.5 Å². The number of carboxylic acids is 1. The van der Waals surface area contributed by atoms with Gasteiger partial charge < -0.3 is 35.3 Å². The van der Waals surface area contributed by atoms with Crippen molar-refractivity contribution >= 4 is 41.0 Å². The van der Waals surface area contributed by atoms with Gasteiger partial charge in [0.25, 0.3) is 11.8 Å². The van der Waals surface area contributed by atoms with E-state index in [1.165, 1.54) is 29.8 Å². The van der Waals surface area contributed by atoms with Gasteiger partial charge in [0.1, 0.15) is 0 Å². The number of carbonyl (C=O) groups excluding carboxylic acids is 3. The number of halogens is 8. The fourth-order valence-electron chi connectivity index (χ4n) is 5.53. The average Bonchev–Trinajstić information content (AvgIpc) is 3.75. The van der Waals surface area contributed by atoms with Crippen molar-refractivity contribution in [3.8, 4) is 17.0 Å². The Labute approximate surface area is 296 Å². The zero-order chi connectivity index (χ0) is 38.3. The lowest BCUT2D eigenvalue weighted by molar-refractivity contribution is -0.192. The minimum absolute atomic E-state index is 0.00601. The molecule has 0 saturated carbocycles. The van der Waals surface area contributed by atoms with Gasteiger partial charge in [-0.25, -0.2) is 14.2 Å². The first-order chi connectivity index (χ1) is 24.5. The van der Waals surface area contributed by atoms with E-state index in [1.807, 2.05) is 0 Å². The van der Waals surface area contributed by atoms with Crippen molar-refractivity contribution in [2.45, 2.75) is 32.1 Å². The number of anilines is 1. The minimum Gasteiger partial charge on any atom is -0.475 e. The van der Waals surface area contributed by atoms with Gasteiger partial charge in [0, 0.05) is 43.9 Å². The molecule has 5 rings (SSSR count). The van der Waals surface area contributed by atoms with Gasteiger partial charge in [-0.05, 0) is 68.6 Å². The fraction of sp³-hybridized carbons (Fsp3) is 0.406. The molecule has 2 saturated heterocycles. The van der Waals surface area contributed by atoms with Crippen molar-refractivity contribution in [1.82, 2.24) is 25.1 Å². The number of aromatic nitrogens is 2. The Morgan fingerprint density at radius 3 is 2.33 bits per heavy atom. The Kier molecular flexibility index (Phi) is 13.1. The molecule has 0 bridgehead atoms. The van der Waals surface area contributed by atoms with Crippen LogP contribution >= 0.6 is 11.6 Å². The van der Waals surface area contributed by atoms with Crippen molar-refractivity contribution in [3.05, 3.63) is 64.6 Å². The molecule has 12 nitrogen and oxygen atoms in total. The van der Waals surface area contributed by atoms with Gasteiger partial charge in [-0.15, -0.1) is 0 Å². The molecule has 2 fully saturated rings. The SMILES string of the molecule is Cn1c(-c2ccc(OC(F)F)c(F)c2F)cnc1C(=O)Nc1ccc(C(=O)N2CCC(C(=O)NC[C@H]3CCNC3)CC2)c(Cl)c1.O=C(O)C(F)(F)F. The van der Waals surface area contributed by atoms with Crippen molar-refractivity contribution < 1.29 is 59.8 Å². The first kappa shape index (κ1) is 39.9. The number of imidazole rings is 1. The van der Waals surface area contributed by atoms with Crippen LogP contribution in [-0.2, 0) is 16.6 Å². The smallest absolute Gasteiger partial charge is 0.475 e. The number of amides is 3. The van der Waals surface area contributed by atoms with Gasteiger partial charge in [0.15, 0.2) is 17.4 Å². The van der Waals surface area contributed by atoms with Gasteiger partial charge in [0.2, 0.25) is 11.7 Å². The van der Waals surface area contributed by atoms with Crippen LogP contribution in [0.2, 0.25) is 5.02 Å². The molecule has 52 heavy (non-hydrogen) atoms. The van der Waals surface area contributed by atoms with Crippen LogP contribution in [0.25, 0.3) is 11.3 Å². The van der Waals surface area contributed by atoms with Crippen LogP contribution in [0.5, 0.6) is 5.75 Å². The number of rotatable bonds is 9. The molecule has 4 N–H and O–H groups in total. The second-order valence-corrected chi connectivity index (χ2v) is 12.2. The van der Waals surface area contributed by atoms with E-state index in [4.69, 9.17) is 21.5 Å². The van der Waals surface area contributed by atoms with E-state index in [1.54, 1.807) is 4.90 Å². The normalized spacial score (nSPS) is 16.3. The highest BCUT2D eigenvalue weighted by molar-refractivity contribution is 6.34. The third-order valence-corrected chi connectivity index (χ3v) is 8.62. The maximum atomic E-state index is 14.6. The van der Waals surface area contributed by atoms with Crippen molar-refractivity contribution in [1.29, 1.82) is 0 Å². The lowest BCUT2D eigenvalue weighted by atomic mass is 9.95. The maximum Gasteiger partial charge on any atom is 0.490 e. The number of piperidine rings is 1. The first-order valence-corrected chi connectivity index (χ1v) is 16.0. The number of likely N-dealkylation sites (tertiary alicyclic amines) is 1. The molecule has 3 heterocycles. The van der Waals surface area contributed by atoms with E-state index in [0.29, 0.717) is 38.4 Å². The molecular formula is C32H32ClF7N6O6. The number of alkyl halides is 5. The highest BCUT2D eigenvalue weighted by Crippen LogP contribution is 2.31. The number of nitrogens with zero attached hydrogens (tertiary/aromatic N) is 3. The van der Waals surface area contributed by atoms with Crippen molar-refractivity contribution in [3.63, 3.8) is 0 Å². The van der Waals surface area contributed by atoms with Crippen molar-refractivity contribution in [2.75, 3.05) is 38.0 Å². The summed E-state index contributed by atoms with van der Waals surface area (Å²) in [5.74, 6) is -7.61. The predicted molar refractivity (Wildman–Crippen MR) is 171 cm³/mol. The number of nitrogens with one attached hydrogen (secondary N) is 3. The molecule has 3 amide bonds. The number of carboxylic acid groups (broad SMARTS) is 1. The summed E-state index contributed by atoms with van der Waals surface area (Å²) in [6, 6.07) is 6.28. The standard InChI is InChI=1S/C30H31ClF4N6O4.C2HF3O2/c1-40-22(20-4-5-23(45-30(34)35)25(33)24(20)32)15-37-26(40)28(43)39-18-2-3-19(21(31)12-18)29(44)41-10-7-17(8-11-41)27(42)38-14-16-6-9-36-13-16;3-2(4,5)1(6)7/h2-5,12,15-17,30,36H,6-11,13-14H2,1H3,(H,38,42)(H,39,43);(H,6,7)/t16-;/m0./s1. The molecular weight excluding hydrogens is 733 g/mol. The van der Waals surface area contributed by atoms with E-state index in [9.17, 15) is 45.1 Å². The molecule has 2 aromatic carbocycles. The Balaban J connectivity index is 0.000000785. The molecule has 0 unspecified atom stereocenters. The number of ether oxygens (including phenoxy) is 1. The lowest BCUT2D eigenvalue weighted by Crippen LogP contribution is -2.44. The molecule has 0 spiro atoms. The van der Waals surface area contributed by atoms with E-state index < -0.39 is 42.0 Å². The highest BCUT2D eigenvalue weighted by Gasteiger charge is 2.38. The number of benzene rings is 2. The second-order valence-electron chi connectivity index (χ2n) is 11.8. The minimum atomic E-state index is -5.08. The van der Waals surface area contributed by atoms with Crippen LogP contribution in [0.1, 0.15) is 40.2 Å². The third-order valence-electron chi connectivity index (χ3n) is 8.31. The Bertz CT molecular complexity index is 1790. The summed E-state index contributed by atoms with van der Waals surface area (Å²) in [6.07, 6.45) is -1.82. The molecule has 282 valence electrons. The summed E-state index contributed by atoms with van der Waals surface area (Å²) < 4.78 is 90.7. The molecule has 2 aliphatic rings. The number of hydrogen-bond donors (Lipinski definition) is 4. The Hall–Kier alpha value is -4.91. The fourth-order valence-corrected chi connectivity index (χ4v) is 5.80. The molecule has 20 heteroatoms. The molecule has 0 radical (unpaired) electrons. The molecule has 0 aliphatic carbocycles. The number of carbonyl (C=O) groups is 4. The molecule has 1 aromatic heterocycles. The predicted octanol–water partition coefficient (Wildman–Crippen LogP) is 5.08. The Morgan fingerprint density at radius 1 is 1.08 bits per heavy atom. The monoisotopic (exact) mass is 764 g/mol.